The van der Waals surface area contributed by atoms with E-state index in [2.05, 4.69) is 20.0 Å². The maximum absolute atomic E-state index is 13.4. The molecule has 0 aromatic heterocycles. The number of nitrogens with one attached hydrogen (secondary N) is 2. The Morgan fingerprint density at radius 2 is 1.02 bits per heavy atom. The summed E-state index contributed by atoms with van der Waals surface area (Å²) in [5.74, 6) is -2.03. The van der Waals surface area contributed by atoms with Crippen LogP contribution in [0.2, 0.25) is 20.1 Å². The lowest BCUT2D eigenvalue weighted by atomic mass is 10.1. The van der Waals surface area contributed by atoms with Crippen LogP contribution < -0.4 is 10.6 Å². The number of fused-ring (bicyclic) bond motifs is 2. The standard InChI is InChI=1S/C28H16Cl4N2O14S4/c29-23-21(27(35)33-13-1-3-17-11(5-13)7-15(49-48-47-37)9-19(17)51(41,42)43)24(30)26(32)22(25(23)31)28(36)34-14-2-4-18-12(6-14)8-16(50(38,39)40)10-20(18)52(44,45)46/h1-10,37H,(H,33,35)(H,34,36)(H,38,39,40)(H,41,42,43)(H,44,45,46). The van der Waals surface area contributed by atoms with Crippen LogP contribution in [0.25, 0.3) is 21.5 Å². The summed E-state index contributed by atoms with van der Waals surface area (Å²) < 4.78 is 104. The lowest BCUT2D eigenvalue weighted by Crippen LogP contribution is -2.17. The van der Waals surface area contributed by atoms with Gasteiger partial charge in [-0.3, -0.25) is 23.2 Å². The van der Waals surface area contributed by atoms with E-state index >= 15 is 0 Å². The maximum Gasteiger partial charge on any atom is 0.295 e. The molecule has 5 rings (SSSR count). The molecule has 0 heterocycles. The Labute approximate surface area is 316 Å². The molecule has 0 saturated heterocycles. The second-order valence-electron chi connectivity index (χ2n) is 10.3. The van der Waals surface area contributed by atoms with Crippen LogP contribution in [0.15, 0.2) is 80.2 Å². The number of hydrogen-bond donors (Lipinski definition) is 6. The predicted molar refractivity (Wildman–Crippen MR) is 190 cm³/mol. The molecule has 52 heavy (non-hydrogen) atoms. The molecule has 2 amide bonds. The lowest BCUT2D eigenvalue weighted by molar-refractivity contribution is -0.432. The Kier molecular flexibility index (Phi) is 11.4. The van der Waals surface area contributed by atoms with Crippen LogP contribution in [0.4, 0.5) is 11.4 Å². The van der Waals surface area contributed by atoms with Crippen molar-refractivity contribution in [3.63, 3.8) is 0 Å². The van der Waals surface area contributed by atoms with Gasteiger partial charge in [0.1, 0.15) is 9.79 Å². The van der Waals surface area contributed by atoms with Gasteiger partial charge in [0.2, 0.25) is 0 Å². The van der Waals surface area contributed by atoms with Gasteiger partial charge in [-0.2, -0.15) is 25.3 Å². The molecule has 0 radical (unpaired) electrons. The molecule has 0 aliphatic heterocycles. The first-order valence-corrected chi connectivity index (χ1v) is 19.9. The summed E-state index contributed by atoms with van der Waals surface area (Å²) in [5.41, 5.74) is -1.03. The zero-order valence-corrected chi connectivity index (χ0v) is 31.1. The summed E-state index contributed by atoms with van der Waals surface area (Å²) in [6.07, 6.45) is 0. The fourth-order valence-corrected chi connectivity index (χ4v) is 8.69. The molecule has 5 aromatic rings. The highest BCUT2D eigenvalue weighted by Gasteiger charge is 2.29. The molecule has 0 spiro atoms. The Hall–Kier alpha value is -3.32. The van der Waals surface area contributed by atoms with E-state index in [-0.39, 0.29) is 37.8 Å². The van der Waals surface area contributed by atoms with Crippen molar-refractivity contribution in [2.24, 2.45) is 0 Å². The van der Waals surface area contributed by atoms with E-state index in [9.17, 15) is 48.5 Å². The zero-order chi connectivity index (χ0) is 38.5. The molecule has 16 nitrogen and oxygen atoms in total. The van der Waals surface area contributed by atoms with Crippen molar-refractivity contribution < 1.29 is 63.1 Å². The van der Waals surface area contributed by atoms with Gasteiger partial charge in [-0.25, -0.2) is 5.26 Å². The van der Waals surface area contributed by atoms with E-state index < -0.39 is 88.1 Å². The Balaban J connectivity index is 1.48. The van der Waals surface area contributed by atoms with Gasteiger partial charge in [0.25, 0.3) is 42.2 Å². The van der Waals surface area contributed by atoms with Crippen molar-refractivity contribution in [3.05, 3.63) is 91.9 Å². The number of anilines is 2. The Morgan fingerprint density at radius 1 is 0.596 bits per heavy atom. The normalized spacial score (nSPS) is 12.3. The largest absolute Gasteiger partial charge is 0.322 e. The fraction of sp³-hybridized carbons (Fsp3) is 0. The molecule has 0 fully saturated rings. The van der Waals surface area contributed by atoms with Gasteiger partial charge in [-0.1, -0.05) is 63.6 Å². The molecule has 24 heteroatoms. The van der Waals surface area contributed by atoms with Gasteiger partial charge in [0, 0.05) is 27.0 Å². The summed E-state index contributed by atoms with van der Waals surface area (Å²) in [4.78, 5) is 24.6. The second-order valence-corrected chi connectivity index (χ2v) is 16.8. The molecule has 274 valence electrons. The van der Waals surface area contributed by atoms with E-state index in [0.717, 1.165) is 24.3 Å². The summed E-state index contributed by atoms with van der Waals surface area (Å²) in [7, 11) is -14.7. The Morgan fingerprint density at radius 3 is 1.42 bits per heavy atom. The van der Waals surface area contributed by atoms with E-state index in [1.54, 1.807) is 0 Å². The molecule has 0 aliphatic carbocycles. The SMILES string of the molecule is O=C(Nc1ccc2c(S(=O)(=O)O)cc(SOOO)cc2c1)c1c(Cl)c(Cl)c(C(=O)Nc2ccc3c(S(=O)(=O)O)cc(S(=O)(=O)O)cc3c2)c(Cl)c1Cl. The van der Waals surface area contributed by atoms with Crippen molar-refractivity contribution in [2.45, 2.75) is 19.6 Å². The first-order chi connectivity index (χ1) is 24.1. The first kappa shape index (κ1) is 39.9. The molecule has 5 aromatic carbocycles. The third kappa shape index (κ3) is 8.25. The third-order valence-electron chi connectivity index (χ3n) is 7.02. The highest BCUT2D eigenvalue weighted by atomic mass is 35.5. The van der Waals surface area contributed by atoms with Crippen LogP contribution in [0.5, 0.6) is 0 Å². The Bertz CT molecular complexity index is 2670. The molecule has 0 unspecified atom stereocenters. The lowest BCUT2D eigenvalue weighted by Gasteiger charge is -2.16. The molecule has 0 saturated carbocycles. The number of amides is 2. The highest BCUT2D eigenvalue weighted by Crippen LogP contribution is 2.42. The minimum Gasteiger partial charge on any atom is -0.322 e. The van der Waals surface area contributed by atoms with Crippen LogP contribution in [0.3, 0.4) is 0 Å². The first-order valence-electron chi connectivity index (χ1n) is 13.3. The van der Waals surface area contributed by atoms with Gasteiger partial charge in [-0.15, -0.1) is 4.33 Å². The van der Waals surface area contributed by atoms with Crippen LogP contribution in [-0.4, -0.2) is 56.0 Å². The summed E-state index contributed by atoms with van der Waals surface area (Å²) in [6, 6.07) is 11.1. The van der Waals surface area contributed by atoms with Gasteiger partial charge in [-0.05, 0) is 59.3 Å². The minimum atomic E-state index is -4.97. The second kappa shape index (κ2) is 14.8. The van der Waals surface area contributed by atoms with E-state index in [0.29, 0.717) is 18.1 Å². The number of benzene rings is 5. The van der Waals surface area contributed by atoms with Gasteiger partial charge < -0.3 is 10.6 Å². The smallest absolute Gasteiger partial charge is 0.295 e. The quantitative estimate of drug-likeness (QED) is 0.0265. The van der Waals surface area contributed by atoms with Gasteiger partial charge >= 0.3 is 0 Å². The maximum atomic E-state index is 13.4. The van der Waals surface area contributed by atoms with Gasteiger partial charge in [0.15, 0.2) is 0 Å². The number of halogens is 4. The fourth-order valence-electron chi connectivity index (χ4n) is 4.87. The third-order valence-corrected chi connectivity index (χ3v) is 11.9. The van der Waals surface area contributed by atoms with Crippen LogP contribution >= 0.6 is 58.4 Å². The zero-order valence-electron chi connectivity index (χ0n) is 24.8. The molecule has 0 aliphatic rings. The minimum absolute atomic E-state index is 0.0384. The van der Waals surface area contributed by atoms with Crippen molar-refractivity contribution in [1.82, 2.24) is 0 Å². The molecule has 0 atom stereocenters. The topological polar surface area (TPSA) is 260 Å². The predicted octanol–water partition coefficient (Wildman–Crippen LogP) is 7.28. The van der Waals surface area contributed by atoms with Crippen molar-refractivity contribution >= 4 is 134 Å². The number of carbonyl (C=O) groups excluding carboxylic acids is 2. The van der Waals surface area contributed by atoms with Crippen molar-refractivity contribution in [2.75, 3.05) is 10.6 Å². The molecule has 0 bridgehead atoms. The van der Waals surface area contributed by atoms with Crippen LogP contribution in [0, 0.1) is 0 Å². The highest BCUT2D eigenvalue weighted by molar-refractivity contribution is 7.94. The number of rotatable bonds is 10. The van der Waals surface area contributed by atoms with Crippen molar-refractivity contribution in [1.29, 1.82) is 0 Å². The number of carbonyl (C=O) groups is 2. The summed E-state index contributed by atoms with van der Waals surface area (Å²) in [6.45, 7) is 0. The van der Waals surface area contributed by atoms with Crippen LogP contribution in [0.1, 0.15) is 20.7 Å². The average molecular weight is 875 g/mol. The van der Waals surface area contributed by atoms with E-state index in [1.165, 1.54) is 30.3 Å². The average Bonchev–Trinajstić information content (AvgIpc) is 3.04. The molecular weight excluding hydrogens is 858 g/mol. The van der Waals surface area contributed by atoms with Crippen molar-refractivity contribution in [3.8, 4) is 0 Å². The van der Waals surface area contributed by atoms with Gasteiger partial charge in [0.05, 0.1) is 48.2 Å². The molecular formula is C28H16Cl4N2O14S4. The van der Waals surface area contributed by atoms with E-state index in [1.807, 2.05) is 0 Å². The summed E-state index contributed by atoms with van der Waals surface area (Å²) >= 11 is 26.0. The monoisotopic (exact) mass is 872 g/mol. The van der Waals surface area contributed by atoms with E-state index in [4.69, 9.17) is 51.7 Å². The number of hydrogen-bond acceptors (Lipinski definition) is 12. The molecule has 6 N–H and O–H groups in total. The summed E-state index contributed by atoms with van der Waals surface area (Å²) in [5, 5.41) is 14.6. The van der Waals surface area contributed by atoms with Crippen LogP contribution in [-0.2, 0) is 39.7 Å².